The van der Waals surface area contributed by atoms with Crippen LogP contribution in [0.15, 0.2) is 97.2 Å². The first-order valence-corrected chi connectivity index (χ1v) is 19.7. The van der Waals surface area contributed by atoms with E-state index in [2.05, 4.69) is 58.3 Å². The lowest BCUT2D eigenvalue weighted by atomic mass is 9.93. The highest BCUT2D eigenvalue weighted by atomic mass is 35.5. The van der Waals surface area contributed by atoms with E-state index in [1.165, 1.54) is 19.3 Å². The predicted octanol–water partition coefficient (Wildman–Crippen LogP) is 6.53. The zero-order valence-electron chi connectivity index (χ0n) is 29.1. The van der Waals surface area contributed by atoms with Crippen molar-refractivity contribution in [3.63, 3.8) is 0 Å². The Morgan fingerprint density at radius 3 is 2.23 bits per heavy atom. The van der Waals surface area contributed by atoms with Gasteiger partial charge in [-0.15, -0.1) is 0 Å². The third-order valence-electron chi connectivity index (χ3n) is 10.0. The fourth-order valence-corrected chi connectivity index (χ4v) is 8.05. The van der Waals surface area contributed by atoms with Gasteiger partial charge in [-0.05, 0) is 72.0 Å². The molecule has 1 saturated carbocycles. The van der Waals surface area contributed by atoms with Crippen molar-refractivity contribution in [3.05, 3.63) is 119 Å². The fourth-order valence-electron chi connectivity index (χ4n) is 7.26. The molecule has 2 fully saturated rings. The second-order valence-corrected chi connectivity index (χ2v) is 15.1. The summed E-state index contributed by atoms with van der Waals surface area (Å²) in [5.74, 6) is 0.502. The molecule has 13 heteroatoms. The number of aromatic nitrogens is 2. The highest BCUT2D eigenvalue weighted by molar-refractivity contribution is 7.77. The average molecular weight is 773 g/mol. The molecule has 0 spiro atoms. The Bertz CT molecular complexity index is 2100. The van der Waals surface area contributed by atoms with Crippen molar-refractivity contribution < 1.29 is 23.7 Å². The second kappa shape index (κ2) is 16.7. The molecule has 0 radical (unpaired) electrons. The van der Waals surface area contributed by atoms with Gasteiger partial charge in [-0.2, -0.15) is 0 Å². The van der Waals surface area contributed by atoms with E-state index in [9.17, 15) is 13.8 Å². The molecule has 1 aromatic heterocycles. The first-order valence-electron chi connectivity index (χ1n) is 17.8. The number of nitrogens with one attached hydrogen (secondary N) is 1. The summed E-state index contributed by atoms with van der Waals surface area (Å²) in [4.78, 5) is 34.2. The number of benzene rings is 4. The molecule has 1 atom stereocenters. The van der Waals surface area contributed by atoms with Gasteiger partial charge in [0, 0.05) is 65.8 Å². The molecule has 2 aliphatic rings. The average Bonchev–Trinajstić information content (AvgIpc) is 3.57. The molecule has 274 valence electrons. The smallest absolute Gasteiger partial charge is 0.288 e. The molecular weight excluding hydrogens is 731 g/mol. The zero-order chi connectivity index (χ0) is 36.9. The minimum absolute atomic E-state index is 0.0278. The molecule has 0 bridgehead atoms. The lowest BCUT2D eigenvalue weighted by molar-refractivity contribution is -0.559. The van der Waals surface area contributed by atoms with Crippen LogP contribution in [0.1, 0.15) is 43.5 Å². The monoisotopic (exact) mass is 771 g/mol. The highest BCUT2D eigenvalue weighted by Gasteiger charge is 2.30. The number of quaternary nitrogens is 1. The number of hydrogen-bond donors (Lipinski definition) is 3. The molecule has 53 heavy (non-hydrogen) atoms. The van der Waals surface area contributed by atoms with E-state index in [1.54, 1.807) is 17.4 Å². The first-order chi connectivity index (χ1) is 25.7. The van der Waals surface area contributed by atoms with Gasteiger partial charge >= 0.3 is 0 Å². The van der Waals surface area contributed by atoms with Crippen LogP contribution >= 0.6 is 23.2 Å². The van der Waals surface area contributed by atoms with E-state index >= 15 is 0 Å². The Hall–Kier alpha value is -4.52. The topological polar surface area (TPSA) is 124 Å². The number of nitrogens with two attached hydrogens (primary N) is 1. The summed E-state index contributed by atoms with van der Waals surface area (Å²) >= 11 is 10.4. The Labute approximate surface area is 321 Å². The van der Waals surface area contributed by atoms with E-state index in [4.69, 9.17) is 32.7 Å². The maximum absolute atomic E-state index is 13.1. The summed E-state index contributed by atoms with van der Waals surface area (Å²) in [6, 6.07) is 30.3. The van der Waals surface area contributed by atoms with Gasteiger partial charge in [-0.3, -0.25) is 14.1 Å². The lowest BCUT2D eigenvalue weighted by Gasteiger charge is -2.41. The van der Waals surface area contributed by atoms with E-state index in [-0.39, 0.29) is 12.5 Å². The van der Waals surface area contributed by atoms with Crippen molar-refractivity contribution in [3.8, 4) is 28.1 Å². The number of carbonyl (C=O) groups is 2. The maximum atomic E-state index is 13.1. The normalized spacial score (nSPS) is 15.8. The Morgan fingerprint density at radius 2 is 1.57 bits per heavy atom. The summed E-state index contributed by atoms with van der Waals surface area (Å²) < 4.78 is 23.7. The van der Waals surface area contributed by atoms with Gasteiger partial charge in [0.15, 0.2) is 6.54 Å². The molecule has 1 aliphatic heterocycles. The van der Waals surface area contributed by atoms with Crippen molar-refractivity contribution in [1.82, 2.24) is 19.2 Å². The zero-order valence-corrected chi connectivity index (χ0v) is 31.4. The predicted molar refractivity (Wildman–Crippen MR) is 210 cm³/mol. The van der Waals surface area contributed by atoms with Crippen LogP contribution in [0.2, 0.25) is 10.0 Å². The van der Waals surface area contributed by atoms with Crippen LogP contribution in [0.25, 0.3) is 28.1 Å². The number of hydrogen-bond acceptors (Lipinski definition) is 5. The molecule has 4 N–H and O–H groups in total. The summed E-state index contributed by atoms with van der Waals surface area (Å²) in [7, 11) is 0. The molecule has 7 rings (SSSR count). The summed E-state index contributed by atoms with van der Waals surface area (Å²) in [5.41, 5.74) is 7.50. The number of anilines is 1. The molecule has 4 aromatic carbocycles. The van der Waals surface area contributed by atoms with Crippen molar-refractivity contribution in [2.45, 2.75) is 44.6 Å². The minimum Gasteiger partial charge on any atom is -0.360 e. The Morgan fingerprint density at radius 1 is 0.887 bits per heavy atom. The summed E-state index contributed by atoms with van der Waals surface area (Å²) in [5, 5.41) is 2.74. The third kappa shape index (κ3) is 9.00. The fraction of sp³-hybridized carbons (Fsp3) is 0.275. The lowest BCUT2D eigenvalue weighted by Crippen LogP contribution is -2.80. The number of imidazole rings is 1. The molecule has 2 heterocycles. The molecule has 1 unspecified atom stereocenters. The third-order valence-corrected chi connectivity index (χ3v) is 11.0. The van der Waals surface area contributed by atoms with Crippen LogP contribution in [-0.2, 0) is 27.3 Å². The molecule has 2 amide bonds. The van der Waals surface area contributed by atoms with Crippen molar-refractivity contribution >= 4 is 57.7 Å². The summed E-state index contributed by atoms with van der Waals surface area (Å²) in [6.07, 6.45) is 8.52. The number of amides is 2. The SMILES string of the molecule is O=C(C[NH2+]c1ccc(-n2cc(-c3ccc(Cl)cc3Cl)nc2Cc2ccc(-c3ccc(N4CCN(C5CCCCC5)C(=O)C4)cc3)cc2)cc1)NS(=O)O. The number of piperazine rings is 1. The van der Waals surface area contributed by atoms with Gasteiger partial charge in [0.25, 0.3) is 17.2 Å². The van der Waals surface area contributed by atoms with Gasteiger partial charge < -0.3 is 19.7 Å². The molecule has 10 nitrogen and oxygen atoms in total. The number of halogens is 2. The van der Waals surface area contributed by atoms with Gasteiger partial charge in [-0.1, -0.05) is 78.9 Å². The van der Waals surface area contributed by atoms with Gasteiger partial charge in [0.05, 0.1) is 17.3 Å². The van der Waals surface area contributed by atoms with E-state index < -0.39 is 17.2 Å². The Balaban J connectivity index is 1.06. The quantitative estimate of drug-likeness (QED) is 0.104. The van der Waals surface area contributed by atoms with Crippen molar-refractivity contribution in [2.24, 2.45) is 0 Å². The largest absolute Gasteiger partial charge is 0.360 e. The number of nitrogens with zero attached hydrogens (tertiary/aromatic N) is 4. The second-order valence-electron chi connectivity index (χ2n) is 13.5. The molecular formula is C40H41Cl2N6O4S+. The van der Waals surface area contributed by atoms with Gasteiger partial charge in [-0.25, -0.2) is 13.9 Å². The van der Waals surface area contributed by atoms with Crippen LogP contribution in [-0.4, -0.2) is 67.2 Å². The number of carbonyl (C=O) groups excluding carboxylic acids is 2. The van der Waals surface area contributed by atoms with Crippen molar-refractivity contribution in [2.75, 3.05) is 31.1 Å². The highest BCUT2D eigenvalue weighted by Crippen LogP contribution is 2.32. The van der Waals surface area contributed by atoms with Gasteiger partial charge in [0.2, 0.25) is 5.91 Å². The van der Waals surface area contributed by atoms with Crippen LogP contribution in [0, 0.1) is 0 Å². The number of rotatable bonds is 11. The first kappa shape index (κ1) is 36.8. The molecule has 5 aromatic rings. The van der Waals surface area contributed by atoms with E-state index in [1.807, 2.05) is 45.8 Å². The molecule has 1 saturated heterocycles. The molecule has 1 aliphatic carbocycles. The summed E-state index contributed by atoms with van der Waals surface area (Å²) in [6.45, 7) is 2.05. The van der Waals surface area contributed by atoms with Crippen LogP contribution in [0.4, 0.5) is 11.4 Å². The standard InChI is InChI=1S/C40H40Cl2N6O4S/c41-30-12-19-35(36(42)23-30)37-25-48(34-17-13-31(14-18-34)43-24-39(49)45-53(51)52)38(44-37)22-27-6-8-28(9-7-27)29-10-15-32(16-11-29)46-20-21-47(40(50)26-46)33-4-2-1-3-5-33/h6-19,23,25,33,43H,1-5,20-22,24,26H2,(H,45,49)(H,51,52)/p+1. The van der Waals surface area contributed by atoms with Crippen molar-refractivity contribution in [1.29, 1.82) is 0 Å². The van der Waals surface area contributed by atoms with Crippen LogP contribution in [0.3, 0.4) is 0 Å². The van der Waals surface area contributed by atoms with Gasteiger partial charge in [0.1, 0.15) is 11.5 Å². The van der Waals surface area contributed by atoms with Crippen LogP contribution in [0.5, 0.6) is 0 Å². The Kier molecular flexibility index (Phi) is 11.6. The maximum Gasteiger partial charge on any atom is 0.288 e. The van der Waals surface area contributed by atoms with Crippen LogP contribution < -0.4 is 14.9 Å². The minimum atomic E-state index is -2.39. The van der Waals surface area contributed by atoms with E-state index in [0.29, 0.717) is 34.7 Å². The van der Waals surface area contributed by atoms with E-state index in [0.717, 1.165) is 71.1 Å².